The van der Waals surface area contributed by atoms with Gasteiger partial charge in [0.1, 0.15) is 11.6 Å². The standard InChI is InChI=1S/C16H18FN5/c1-3-21-11-13(10-19-21)9-18-16-7-12(2)22(20-16)15-6-4-5-14(17)8-15/h4-8,10-11H,3,9H2,1-2H3,(H,18,20). The lowest BCUT2D eigenvalue weighted by Gasteiger charge is -2.04. The highest BCUT2D eigenvalue weighted by Crippen LogP contribution is 2.16. The van der Waals surface area contributed by atoms with Crippen molar-refractivity contribution in [1.29, 1.82) is 0 Å². The van der Waals surface area contributed by atoms with Crippen LogP contribution >= 0.6 is 0 Å². The summed E-state index contributed by atoms with van der Waals surface area (Å²) >= 11 is 0. The van der Waals surface area contributed by atoms with E-state index in [1.807, 2.05) is 43.1 Å². The van der Waals surface area contributed by atoms with Crippen LogP contribution < -0.4 is 5.32 Å². The molecule has 0 saturated carbocycles. The van der Waals surface area contributed by atoms with Gasteiger partial charge in [-0.25, -0.2) is 9.07 Å². The maximum atomic E-state index is 13.3. The maximum absolute atomic E-state index is 13.3. The van der Waals surface area contributed by atoms with Crippen LogP contribution in [0.5, 0.6) is 0 Å². The second-order valence-corrected chi connectivity index (χ2v) is 5.12. The molecule has 1 aromatic carbocycles. The van der Waals surface area contributed by atoms with Gasteiger partial charge in [0.25, 0.3) is 0 Å². The first-order chi connectivity index (χ1) is 10.7. The average molecular weight is 299 g/mol. The van der Waals surface area contributed by atoms with Gasteiger partial charge in [0.05, 0.1) is 11.9 Å². The molecule has 0 aliphatic rings. The van der Waals surface area contributed by atoms with E-state index in [-0.39, 0.29) is 5.82 Å². The van der Waals surface area contributed by atoms with Crippen LogP contribution in [0.15, 0.2) is 42.7 Å². The third-order valence-electron chi connectivity index (χ3n) is 3.42. The van der Waals surface area contributed by atoms with Gasteiger partial charge in [0.15, 0.2) is 0 Å². The molecule has 2 heterocycles. The number of hydrogen-bond donors (Lipinski definition) is 1. The number of nitrogens with zero attached hydrogens (tertiary/aromatic N) is 4. The Morgan fingerprint density at radius 3 is 2.86 bits per heavy atom. The van der Waals surface area contributed by atoms with Gasteiger partial charge in [-0.15, -0.1) is 0 Å². The van der Waals surface area contributed by atoms with E-state index >= 15 is 0 Å². The highest BCUT2D eigenvalue weighted by atomic mass is 19.1. The van der Waals surface area contributed by atoms with Crippen LogP contribution in [0.1, 0.15) is 18.2 Å². The second-order valence-electron chi connectivity index (χ2n) is 5.12. The molecule has 2 aromatic heterocycles. The number of halogens is 1. The van der Waals surface area contributed by atoms with Crippen LogP contribution in [0.3, 0.4) is 0 Å². The Morgan fingerprint density at radius 1 is 1.27 bits per heavy atom. The molecule has 0 saturated heterocycles. The molecule has 0 bridgehead atoms. The monoisotopic (exact) mass is 299 g/mol. The molecule has 6 heteroatoms. The van der Waals surface area contributed by atoms with Gasteiger partial charge >= 0.3 is 0 Å². The van der Waals surface area contributed by atoms with Gasteiger partial charge in [-0.3, -0.25) is 4.68 Å². The molecular formula is C16H18FN5. The average Bonchev–Trinajstić information content (AvgIpc) is 3.11. The molecule has 0 amide bonds. The molecule has 0 fully saturated rings. The van der Waals surface area contributed by atoms with Gasteiger partial charge < -0.3 is 5.32 Å². The largest absolute Gasteiger partial charge is 0.364 e. The fraction of sp³-hybridized carbons (Fsp3) is 0.250. The molecule has 114 valence electrons. The van der Waals surface area contributed by atoms with Crippen LogP contribution in [0.4, 0.5) is 10.2 Å². The number of hydrogen-bond acceptors (Lipinski definition) is 3. The molecule has 0 atom stereocenters. The van der Waals surface area contributed by atoms with E-state index in [0.717, 1.165) is 23.6 Å². The predicted molar refractivity (Wildman–Crippen MR) is 83.5 cm³/mol. The topological polar surface area (TPSA) is 47.7 Å². The van der Waals surface area contributed by atoms with E-state index < -0.39 is 0 Å². The minimum Gasteiger partial charge on any atom is -0.364 e. The van der Waals surface area contributed by atoms with E-state index in [1.165, 1.54) is 12.1 Å². The lowest BCUT2D eigenvalue weighted by molar-refractivity contribution is 0.625. The third-order valence-corrected chi connectivity index (χ3v) is 3.42. The van der Waals surface area contributed by atoms with E-state index in [0.29, 0.717) is 12.2 Å². The zero-order valence-corrected chi connectivity index (χ0v) is 12.6. The normalized spacial score (nSPS) is 10.9. The molecule has 3 aromatic rings. The Bertz CT molecular complexity index is 774. The zero-order chi connectivity index (χ0) is 15.5. The van der Waals surface area contributed by atoms with Crippen molar-refractivity contribution in [3.63, 3.8) is 0 Å². The fourth-order valence-electron chi connectivity index (χ4n) is 2.29. The summed E-state index contributed by atoms with van der Waals surface area (Å²) in [4.78, 5) is 0. The quantitative estimate of drug-likeness (QED) is 0.787. The van der Waals surface area contributed by atoms with Crippen molar-refractivity contribution in [2.75, 3.05) is 5.32 Å². The molecule has 0 aliphatic carbocycles. The first-order valence-corrected chi connectivity index (χ1v) is 7.23. The molecule has 5 nitrogen and oxygen atoms in total. The molecule has 0 unspecified atom stereocenters. The minimum absolute atomic E-state index is 0.270. The number of benzene rings is 1. The highest BCUT2D eigenvalue weighted by Gasteiger charge is 2.07. The fourth-order valence-corrected chi connectivity index (χ4v) is 2.29. The molecule has 22 heavy (non-hydrogen) atoms. The van der Waals surface area contributed by atoms with Crippen LogP contribution in [0, 0.1) is 12.7 Å². The minimum atomic E-state index is -0.270. The molecule has 0 radical (unpaired) electrons. The van der Waals surface area contributed by atoms with Crippen LogP contribution in [-0.2, 0) is 13.1 Å². The Hall–Kier alpha value is -2.63. The first kappa shape index (κ1) is 14.3. The number of aromatic nitrogens is 4. The second kappa shape index (κ2) is 6.01. The summed E-state index contributed by atoms with van der Waals surface area (Å²) in [5.74, 6) is 0.486. The van der Waals surface area contributed by atoms with Crippen molar-refractivity contribution in [1.82, 2.24) is 19.6 Å². The smallest absolute Gasteiger partial charge is 0.148 e. The van der Waals surface area contributed by atoms with Crippen molar-refractivity contribution in [2.24, 2.45) is 0 Å². The summed E-state index contributed by atoms with van der Waals surface area (Å²) in [6.45, 7) is 5.50. The number of aryl methyl sites for hydroxylation is 2. The summed E-state index contributed by atoms with van der Waals surface area (Å²) < 4.78 is 16.9. The molecule has 0 spiro atoms. The lowest BCUT2D eigenvalue weighted by Crippen LogP contribution is -2.02. The van der Waals surface area contributed by atoms with E-state index in [9.17, 15) is 4.39 Å². The van der Waals surface area contributed by atoms with Crippen LogP contribution in [-0.4, -0.2) is 19.6 Å². The number of rotatable bonds is 5. The van der Waals surface area contributed by atoms with Crippen molar-refractivity contribution >= 4 is 5.82 Å². The van der Waals surface area contributed by atoms with E-state index in [2.05, 4.69) is 15.5 Å². The summed E-state index contributed by atoms with van der Waals surface area (Å²) in [6, 6.07) is 8.34. The summed E-state index contributed by atoms with van der Waals surface area (Å²) in [5.41, 5.74) is 2.75. The van der Waals surface area contributed by atoms with Gasteiger partial charge in [0, 0.05) is 36.6 Å². The van der Waals surface area contributed by atoms with Crippen molar-refractivity contribution in [2.45, 2.75) is 26.9 Å². The van der Waals surface area contributed by atoms with Gasteiger partial charge in [-0.1, -0.05) is 6.07 Å². The summed E-state index contributed by atoms with van der Waals surface area (Å²) in [6.07, 6.45) is 3.84. The van der Waals surface area contributed by atoms with Gasteiger partial charge in [-0.2, -0.15) is 10.2 Å². The van der Waals surface area contributed by atoms with E-state index in [4.69, 9.17) is 0 Å². The number of nitrogens with one attached hydrogen (secondary N) is 1. The molecule has 3 rings (SSSR count). The molecule has 0 aliphatic heterocycles. The first-order valence-electron chi connectivity index (χ1n) is 7.23. The molecule has 1 N–H and O–H groups in total. The van der Waals surface area contributed by atoms with Crippen molar-refractivity contribution < 1.29 is 4.39 Å². The third kappa shape index (κ3) is 3.00. The Morgan fingerprint density at radius 2 is 2.14 bits per heavy atom. The van der Waals surface area contributed by atoms with Crippen molar-refractivity contribution in [3.05, 3.63) is 59.8 Å². The summed E-state index contributed by atoms with van der Waals surface area (Å²) in [5, 5.41) is 12.0. The maximum Gasteiger partial charge on any atom is 0.148 e. The highest BCUT2D eigenvalue weighted by molar-refractivity contribution is 5.42. The SMILES string of the molecule is CCn1cc(CNc2cc(C)n(-c3cccc(F)c3)n2)cn1. The zero-order valence-electron chi connectivity index (χ0n) is 12.6. The van der Waals surface area contributed by atoms with Crippen LogP contribution in [0.25, 0.3) is 5.69 Å². The van der Waals surface area contributed by atoms with Crippen LogP contribution in [0.2, 0.25) is 0 Å². The van der Waals surface area contributed by atoms with Gasteiger partial charge in [0.2, 0.25) is 0 Å². The van der Waals surface area contributed by atoms with E-state index in [1.54, 1.807) is 10.7 Å². The van der Waals surface area contributed by atoms with Gasteiger partial charge in [-0.05, 0) is 32.0 Å². The lowest BCUT2D eigenvalue weighted by atomic mass is 10.3. The predicted octanol–water partition coefficient (Wildman–Crippen LogP) is 3.15. The van der Waals surface area contributed by atoms with Crippen molar-refractivity contribution in [3.8, 4) is 5.69 Å². The number of anilines is 1. The Labute approximate surface area is 128 Å². The summed E-state index contributed by atoms with van der Waals surface area (Å²) in [7, 11) is 0. The molecular weight excluding hydrogens is 281 g/mol. The Balaban J connectivity index is 1.74. The Kier molecular flexibility index (Phi) is 3.91.